The molecule has 2 heteroatoms. The monoisotopic (exact) mass is 317 g/mol. The van der Waals surface area contributed by atoms with E-state index < -0.39 is 0 Å². The predicted octanol–water partition coefficient (Wildman–Crippen LogP) is 5.17. The number of aryl methyl sites for hydroxylation is 1. The van der Waals surface area contributed by atoms with Gasteiger partial charge in [0.25, 0.3) is 0 Å². The molecular formula is C17H20BrN. The van der Waals surface area contributed by atoms with E-state index in [4.69, 9.17) is 0 Å². The standard InChI is InChI=1S/C17H20BrN/c1-12-4-6-15(7-5-12)13(2)19-14(3)16-8-10-17(18)11-9-16/h4-11,13-14,19H,1-3H3. The van der Waals surface area contributed by atoms with E-state index in [1.165, 1.54) is 16.7 Å². The van der Waals surface area contributed by atoms with Gasteiger partial charge < -0.3 is 5.32 Å². The first-order chi connectivity index (χ1) is 9.06. The molecular weight excluding hydrogens is 298 g/mol. The van der Waals surface area contributed by atoms with Crippen molar-refractivity contribution in [1.82, 2.24) is 5.32 Å². The van der Waals surface area contributed by atoms with Crippen molar-refractivity contribution in [2.75, 3.05) is 0 Å². The Labute approximate surface area is 124 Å². The van der Waals surface area contributed by atoms with Gasteiger partial charge in [-0.25, -0.2) is 0 Å². The second kappa shape index (κ2) is 6.36. The molecule has 0 amide bonds. The predicted molar refractivity (Wildman–Crippen MR) is 85.3 cm³/mol. The topological polar surface area (TPSA) is 12.0 Å². The number of halogens is 1. The second-order valence-electron chi connectivity index (χ2n) is 5.07. The Kier molecular flexibility index (Phi) is 4.78. The zero-order chi connectivity index (χ0) is 13.8. The molecule has 2 aromatic rings. The van der Waals surface area contributed by atoms with Crippen LogP contribution in [0.4, 0.5) is 0 Å². The molecule has 2 rings (SSSR count). The smallest absolute Gasteiger partial charge is 0.0297 e. The molecule has 2 atom stereocenters. The van der Waals surface area contributed by atoms with E-state index in [1.54, 1.807) is 0 Å². The molecule has 0 heterocycles. The molecule has 2 aromatic carbocycles. The third-order valence-electron chi connectivity index (χ3n) is 3.45. The zero-order valence-electron chi connectivity index (χ0n) is 11.7. The summed E-state index contributed by atoms with van der Waals surface area (Å²) in [7, 11) is 0. The lowest BCUT2D eigenvalue weighted by molar-refractivity contribution is 0.494. The normalized spacial score (nSPS) is 14.1. The number of nitrogens with one attached hydrogen (secondary N) is 1. The summed E-state index contributed by atoms with van der Waals surface area (Å²) in [5, 5.41) is 3.64. The first-order valence-electron chi connectivity index (χ1n) is 6.64. The van der Waals surface area contributed by atoms with Crippen LogP contribution in [0, 0.1) is 6.92 Å². The Morgan fingerprint density at radius 3 is 1.68 bits per heavy atom. The van der Waals surface area contributed by atoms with Gasteiger partial charge in [0.05, 0.1) is 0 Å². The third-order valence-corrected chi connectivity index (χ3v) is 3.98. The fraction of sp³-hybridized carbons (Fsp3) is 0.294. The van der Waals surface area contributed by atoms with Gasteiger partial charge >= 0.3 is 0 Å². The van der Waals surface area contributed by atoms with E-state index >= 15 is 0 Å². The highest BCUT2D eigenvalue weighted by molar-refractivity contribution is 9.10. The van der Waals surface area contributed by atoms with Crippen LogP contribution in [-0.2, 0) is 0 Å². The lowest BCUT2D eigenvalue weighted by Crippen LogP contribution is -2.22. The minimum atomic E-state index is 0.337. The fourth-order valence-corrected chi connectivity index (χ4v) is 2.44. The minimum absolute atomic E-state index is 0.337. The molecule has 0 aliphatic heterocycles. The van der Waals surface area contributed by atoms with Gasteiger partial charge in [0.2, 0.25) is 0 Å². The van der Waals surface area contributed by atoms with E-state index in [1.807, 2.05) is 0 Å². The largest absolute Gasteiger partial charge is 0.304 e. The highest BCUT2D eigenvalue weighted by Crippen LogP contribution is 2.21. The Hall–Kier alpha value is -1.12. The van der Waals surface area contributed by atoms with Gasteiger partial charge in [-0.05, 0) is 44.0 Å². The van der Waals surface area contributed by atoms with Crippen molar-refractivity contribution < 1.29 is 0 Å². The summed E-state index contributed by atoms with van der Waals surface area (Å²) < 4.78 is 1.12. The fourth-order valence-electron chi connectivity index (χ4n) is 2.17. The van der Waals surface area contributed by atoms with Crippen molar-refractivity contribution >= 4 is 15.9 Å². The lowest BCUT2D eigenvalue weighted by atomic mass is 10.0. The molecule has 0 aliphatic rings. The van der Waals surface area contributed by atoms with Crippen molar-refractivity contribution in [3.63, 3.8) is 0 Å². The van der Waals surface area contributed by atoms with E-state index in [-0.39, 0.29) is 0 Å². The summed E-state index contributed by atoms with van der Waals surface area (Å²) in [6.45, 7) is 6.53. The molecule has 0 radical (unpaired) electrons. The van der Waals surface area contributed by atoms with Crippen LogP contribution in [0.1, 0.15) is 42.6 Å². The summed E-state index contributed by atoms with van der Waals surface area (Å²) in [6, 6.07) is 17.9. The van der Waals surface area contributed by atoms with Gasteiger partial charge in [0.1, 0.15) is 0 Å². The average molecular weight is 318 g/mol. The van der Waals surface area contributed by atoms with Crippen molar-refractivity contribution in [3.8, 4) is 0 Å². The Morgan fingerprint density at radius 1 is 0.789 bits per heavy atom. The molecule has 0 saturated heterocycles. The van der Waals surface area contributed by atoms with Gasteiger partial charge in [0.15, 0.2) is 0 Å². The number of rotatable bonds is 4. The molecule has 19 heavy (non-hydrogen) atoms. The second-order valence-corrected chi connectivity index (χ2v) is 5.99. The van der Waals surface area contributed by atoms with Crippen LogP contribution in [0.25, 0.3) is 0 Å². The summed E-state index contributed by atoms with van der Waals surface area (Å²) in [5.74, 6) is 0. The highest BCUT2D eigenvalue weighted by atomic mass is 79.9. The molecule has 0 spiro atoms. The third kappa shape index (κ3) is 3.92. The van der Waals surface area contributed by atoms with Gasteiger partial charge in [-0.1, -0.05) is 57.9 Å². The molecule has 2 unspecified atom stereocenters. The Balaban J connectivity index is 2.03. The van der Waals surface area contributed by atoms with Crippen LogP contribution < -0.4 is 5.32 Å². The van der Waals surface area contributed by atoms with E-state index in [0.717, 1.165) is 4.47 Å². The number of hydrogen-bond donors (Lipinski definition) is 1. The molecule has 100 valence electrons. The summed E-state index contributed by atoms with van der Waals surface area (Å²) in [4.78, 5) is 0. The van der Waals surface area contributed by atoms with Crippen molar-refractivity contribution in [1.29, 1.82) is 0 Å². The van der Waals surface area contributed by atoms with E-state index in [0.29, 0.717) is 12.1 Å². The van der Waals surface area contributed by atoms with Crippen LogP contribution in [-0.4, -0.2) is 0 Å². The first-order valence-corrected chi connectivity index (χ1v) is 7.43. The summed E-state index contributed by atoms with van der Waals surface area (Å²) >= 11 is 3.47. The van der Waals surface area contributed by atoms with Crippen molar-refractivity contribution in [2.24, 2.45) is 0 Å². The Bertz CT molecular complexity index is 466. The highest BCUT2D eigenvalue weighted by Gasteiger charge is 2.10. The van der Waals surface area contributed by atoms with Crippen LogP contribution >= 0.6 is 15.9 Å². The van der Waals surface area contributed by atoms with E-state index in [9.17, 15) is 0 Å². The molecule has 0 bridgehead atoms. The maximum absolute atomic E-state index is 3.64. The van der Waals surface area contributed by atoms with Crippen LogP contribution in [0.3, 0.4) is 0 Å². The number of benzene rings is 2. The van der Waals surface area contributed by atoms with Gasteiger partial charge in [-0.3, -0.25) is 0 Å². The molecule has 0 aliphatic carbocycles. The molecule has 1 N–H and O–H groups in total. The molecule has 0 saturated carbocycles. The zero-order valence-corrected chi connectivity index (χ0v) is 13.2. The first kappa shape index (κ1) is 14.3. The van der Waals surface area contributed by atoms with Crippen LogP contribution in [0.15, 0.2) is 53.0 Å². The average Bonchev–Trinajstić information content (AvgIpc) is 2.40. The van der Waals surface area contributed by atoms with Crippen molar-refractivity contribution in [3.05, 3.63) is 69.7 Å². The quantitative estimate of drug-likeness (QED) is 0.820. The molecule has 0 fully saturated rings. The maximum Gasteiger partial charge on any atom is 0.0297 e. The Morgan fingerprint density at radius 2 is 1.21 bits per heavy atom. The SMILES string of the molecule is Cc1ccc(C(C)NC(C)c2ccc(Br)cc2)cc1. The molecule has 0 aromatic heterocycles. The van der Waals surface area contributed by atoms with E-state index in [2.05, 4.69) is 90.5 Å². The van der Waals surface area contributed by atoms with Gasteiger partial charge in [-0.2, -0.15) is 0 Å². The number of hydrogen-bond acceptors (Lipinski definition) is 1. The minimum Gasteiger partial charge on any atom is -0.304 e. The van der Waals surface area contributed by atoms with Crippen LogP contribution in [0.2, 0.25) is 0 Å². The molecule has 1 nitrogen and oxygen atoms in total. The summed E-state index contributed by atoms with van der Waals surface area (Å²) in [6.07, 6.45) is 0. The lowest BCUT2D eigenvalue weighted by Gasteiger charge is -2.21. The maximum atomic E-state index is 3.64. The van der Waals surface area contributed by atoms with Gasteiger partial charge in [0, 0.05) is 16.6 Å². The van der Waals surface area contributed by atoms with Gasteiger partial charge in [-0.15, -0.1) is 0 Å². The van der Waals surface area contributed by atoms with Crippen molar-refractivity contribution in [2.45, 2.75) is 32.9 Å². The summed E-state index contributed by atoms with van der Waals surface area (Å²) in [5.41, 5.74) is 3.94. The van der Waals surface area contributed by atoms with Crippen LogP contribution in [0.5, 0.6) is 0 Å².